The van der Waals surface area contributed by atoms with Crippen molar-refractivity contribution in [3.8, 4) is 0 Å². The maximum Gasteiger partial charge on any atom is 0.109 e. The summed E-state index contributed by atoms with van der Waals surface area (Å²) in [5.41, 5.74) is 1.10. The predicted octanol–water partition coefficient (Wildman–Crippen LogP) is 2.28. The fourth-order valence-electron chi connectivity index (χ4n) is 1.42. The predicted molar refractivity (Wildman–Crippen MR) is 65.3 cm³/mol. The van der Waals surface area contributed by atoms with Gasteiger partial charge in [-0.1, -0.05) is 6.92 Å². The monoisotopic (exact) mass is 236 g/mol. The minimum absolute atomic E-state index is 0.286. The van der Waals surface area contributed by atoms with E-state index in [1.165, 1.54) is 4.88 Å². The van der Waals surface area contributed by atoms with Gasteiger partial charge in [0.2, 0.25) is 0 Å². The molecule has 2 aromatic rings. The lowest BCUT2D eigenvalue weighted by molar-refractivity contribution is 0.566. The normalized spacial score (nSPS) is 12.9. The second-order valence-corrected chi connectivity index (χ2v) is 4.84. The lowest BCUT2D eigenvalue weighted by atomic mass is 10.3. The molecule has 5 heteroatoms. The van der Waals surface area contributed by atoms with Crippen LogP contribution in [0.3, 0.4) is 0 Å². The van der Waals surface area contributed by atoms with Crippen LogP contribution in [0.5, 0.6) is 0 Å². The lowest BCUT2D eigenvalue weighted by Crippen LogP contribution is -2.17. The zero-order valence-electron chi connectivity index (χ0n) is 9.53. The van der Waals surface area contributed by atoms with Gasteiger partial charge in [0.25, 0.3) is 0 Å². The highest BCUT2D eigenvalue weighted by Gasteiger charge is 2.09. The summed E-state index contributed by atoms with van der Waals surface area (Å²) in [5, 5.41) is 4.56. The number of nitrogens with zero attached hydrogens (tertiary/aromatic N) is 2. The summed E-state index contributed by atoms with van der Waals surface area (Å²) in [4.78, 5) is 12.8. The zero-order valence-corrected chi connectivity index (χ0v) is 10.3. The van der Waals surface area contributed by atoms with Gasteiger partial charge in [0.1, 0.15) is 5.01 Å². The SMILES string of the molecule is CCc1cnc(C(C)NCc2cnc[nH]2)s1. The summed E-state index contributed by atoms with van der Waals surface area (Å²) >= 11 is 1.78. The number of thiazole rings is 1. The molecular formula is C11H16N4S. The van der Waals surface area contributed by atoms with E-state index in [2.05, 4.69) is 34.1 Å². The van der Waals surface area contributed by atoms with Crippen LogP contribution >= 0.6 is 11.3 Å². The molecule has 0 saturated heterocycles. The number of aromatic nitrogens is 3. The molecule has 0 radical (unpaired) electrons. The third-order valence-electron chi connectivity index (χ3n) is 2.44. The van der Waals surface area contributed by atoms with Gasteiger partial charge >= 0.3 is 0 Å². The molecule has 0 aliphatic heterocycles. The molecular weight excluding hydrogens is 220 g/mol. The van der Waals surface area contributed by atoms with Gasteiger partial charge < -0.3 is 10.3 Å². The molecule has 86 valence electrons. The fourth-order valence-corrected chi connectivity index (χ4v) is 2.30. The molecule has 0 fully saturated rings. The van der Waals surface area contributed by atoms with Crippen molar-refractivity contribution >= 4 is 11.3 Å². The Morgan fingerprint density at radius 1 is 1.50 bits per heavy atom. The van der Waals surface area contributed by atoms with Crippen molar-refractivity contribution in [3.63, 3.8) is 0 Å². The molecule has 4 nitrogen and oxygen atoms in total. The van der Waals surface area contributed by atoms with Crippen LogP contribution in [0.4, 0.5) is 0 Å². The molecule has 2 N–H and O–H groups in total. The Bertz CT molecular complexity index is 421. The quantitative estimate of drug-likeness (QED) is 0.837. The number of rotatable bonds is 5. The van der Waals surface area contributed by atoms with Gasteiger partial charge in [-0.25, -0.2) is 9.97 Å². The molecule has 2 rings (SSSR count). The van der Waals surface area contributed by atoms with Gasteiger partial charge in [-0.05, 0) is 13.3 Å². The first-order valence-corrected chi connectivity index (χ1v) is 6.26. The highest BCUT2D eigenvalue weighted by molar-refractivity contribution is 7.11. The summed E-state index contributed by atoms with van der Waals surface area (Å²) in [6, 6.07) is 0.286. The Balaban J connectivity index is 1.90. The molecule has 0 aliphatic carbocycles. The first-order chi connectivity index (χ1) is 7.79. The van der Waals surface area contributed by atoms with Gasteiger partial charge in [-0.2, -0.15) is 0 Å². The molecule has 16 heavy (non-hydrogen) atoms. The smallest absolute Gasteiger partial charge is 0.109 e. The largest absolute Gasteiger partial charge is 0.347 e. The summed E-state index contributed by atoms with van der Waals surface area (Å²) in [6.45, 7) is 5.08. The Morgan fingerprint density at radius 2 is 2.38 bits per heavy atom. The van der Waals surface area contributed by atoms with Crippen LogP contribution < -0.4 is 5.32 Å². The van der Waals surface area contributed by atoms with E-state index in [0.717, 1.165) is 23.7 Å². The Labute approximate surface area is 99.2 Å². The number of nitrogens with one attached hydrogen (secondary N) is 2. The van der Waals surface area contributed by atoms with Crippen molar-refractivity contribution in [3.05, 3.63) is 34.3 Å². The first-order valence-electron chi connectivity index (χ1n) is 5.44. The summed E-state index contributed by atoms with van der Waals surface area (Å²) < 4.78 is 0. The molecule has 0 aromatic carbocycles. The molecule has 0 bridgehead atoms. The standard InChI is InChI=1S/C11H16N4S/c1-3-10-6-14-11(16-10)8(2)13-5-9-4-12-7-15-9/h4,6-8,13H,3,5H2,1-2H3,(H,12,15). The number of H-pyrrole nitrogens is 1. The van der Waals surface area contributed by atoms with Crippen LogP contribution in [0, 0.1) is 0 Å². The third kappa shape index (κ3) is 2.68. The number of aromatic amines is 1. The maximum absolute atomic E-state index is 4.42. The summed E-state index contributed by atoms with van der Waals surface area (Å²) in [6.07, 6.45) is 6.55. The van der Waals surface area contributed by atoms with E-state index in [-0.39, 0.29) is 6.04 Å². The molecule has 1 atom stereocenters. The van der Waals surface area contributed by atoms with Gasteiger partial charge in [0.15, 0.2) is 0 Å². The number of aryl methyl sites for hydroxylation is 1. The molecule has 0 aliphatic rings. The van der Waals surface area contributed by atoms with Crippen LogP contribution in [0.25, 0.3) is 0 Å². The van der Waals surface area contributed by atoms with E-state index >= 15 is 0 Å². The molecule has 2 aromatic heterocycles. The Hall–Kier alpha value is -1.20. The average Bonchev–Trinajstić information content (AvgIpc) is 2.96. The molecule has 2 heterocycles. The van der Waals surface area contributed by atoms with Crippen LogP contribution in [0.1, 0.15) is 35.5 Å². The van der Waals surface area contributed by atoms with E-state index in [0.29, 0.717) is 0 Å². The molecule has 0 spiro atoms. The Morgan fingerprint density at radius 3 is 3.00 bits per heavy atom. The van der Waals surface area contributed by atoms with Crippen LogP contribution in [0.15, 0.2) is 18.7 Å². The number of hydrogen-bond acceptors (Lipinski definition) is 4. The second-order valence-electron chi connectivity index (χ2n) is 3.70. The van der Waals surface area contributed by atoms with E-state index in [1.54, 1.807) is 17.7 Å². The first kappa shape index (κ1) is 11.3. The summed E-state index contributed by atoms with van der Waals surface area (Å²) in [5.74, 6) is 0. The average molecular weight is 236 g/mol. The van der Waals surface area contributed by atoms with E-state index in [9.17, 15) is 0 Å². The fraction of sp³-hybridized carbons (Fsp3) is 0.455. The maximum atomic E-state index is 4.42. The van der Waals surface area contributed by atoms with Crippen molar-refractivity contribution < 1.29 is 0 Å². The molecule has 1 unspecified atom stereocenters. The van der Waals surface area contributed by atoms with Crippen molar-refractivity contribution in [2.45, 2.75) is 32.9 Å². The third-order valence-corrected chi connectivity index (χ3v) is 3.77. The zero-order chi connectivity index (χ0) is 11.4. The van der Waals surface area contributed by atoms with Crippen molar-refractivity contribution in [2.24, 2.45) is 0 Å². The summed E-state index contributed by atoms with van der Waals surface area (Å²) in [7, 11) is 0. The van der Waals surface area contributed by atoms with Gasteiger partial charge in [-0.15, -0.1) is 11.3 Å². The minimum atomic E-state index is 0.286. The van der Waals surface area contributed by atoms with Gasteiger partial charge in [0, 0.05) is 29.5 Å². The lowest BCUT2D eigenvalue weighted by Gasteiger charge is -2.09. The van der Waals surface area contributed by atoms with Gasteiger partial charge in [0.05, 0.1) is 12.4 Å². The number of imidazole rings is 1. The topological polar surface area (TPSA) is 53.6 Å². The van der Waals surface area contributed by atoms with E-state index in [4.69, 9.17) is 0 Å². The Kier molecular flexibility index (Phi) is 3.69. The van der Waals surface area contributed by atoms with Crippen LogP contribution in [-0.4, -0.2) is 15.0 Å². The highest BCUT2D eigenvalue weighted by Crippen LogP contribution is 2.20. The highest BCUT2D eigenvalue weighted by atomic mass is 32.1. The molecule has 0 saturated carbocycles. The van der Waals surface area contributed by atoms with Crippen molar-refractivity contribution in [1.29, 1.82) is 0 Å². The van der Waals surface area contributed by atoms with Crippen molar-refractivity contribution in [2.75, 3.05) is 0 Å². The number of hydrogen-bond donors (Lipinski definition) is 2. The minimum Gasteiger partial charge on any atom is -0.347 e. The van der Waals surface area contributed by atoms with Gasteiger partial charge in [-0.3, -0.25) is 0 Å². The van der Waals surface area contributed by atoms with Crippen LogP contribution in [-0.2, 0) is 13.0 Å². The van der Waals surface area contributed by atoms with E-state index < -0.39 is 0 Å². The van der Waals surface area contributed by atoms with E-state index in [1.807, 2.05) is 12.4 Å². The molecule has 0 amide bonds. The second kappa shape index (κ2) is 5.23. The van der Waals surface area contributed by atoms with Crippen molar-refractivity contribution in [1.82, 2.24) is 20.3 Å². The van der Waals surface area contributed by atoms with Crippen LogP contribution in [0.2, 0.25) is 0 Å².